The Hall–Kier alpha value is -3.31. The molecule has 4 aromatic rings. The van der Waals surface area contributed by atoms with Crippen LogP contribution in [-0.2, 0) is 16.8 Å². The molecule has 1 atom stereocenters. The lowest BCUT2D eigenvalue weighted by molar-refractivity contribution is -0.0331. The normalized spacial score (nSPS) is 17.1. The van der Waals surface area contributed by atoms with E-state index in [-0.39, 0.29) is 6.10 Å². The minimum Gasteiger partial charge on any atom is -0.371 e. The first-order chi connectivity index (χ1) is 16.2. The number of hydrogen-bond donors (Lipinski definition) is 1. The lowest BCUT2D eigenvalue weighted by Gasteiger charge is -2.34. The Morgan fingerprint density at radius 1 is 0.818 bits per heavy atom. The molecule has 4 nitrogen and oxygen atoms in total. The fourth-order valence-electron chi connectivity index (χ4n) is 4.58. The molecule has 0 radical (unpaired) electrons. The summed E-state index contributed by atoms with van der Waals surface area (Å²) < 4.78 is 6.11. The van der Waals surface area contributed by atoms with Crippen molar-refractivity contribution >= 4 is 0 Å². The van der Waals surface area contributed by atoms with Crippen molar-refractivity contribution in [2.75, 3.05) is 19.7 Å². The number of ether oxygens (including phenoxy) is 1. The van der Waals surface area contributed by atoms with E-state index in [0.717, 1.165) is 42.0 Å². The second kappa shape index (κ2) is 9.67. The van der Waals surface area contributed by atoms with E-state index in [4.69, 9.17) is 15.5 Å². The van der Waals surface area contributed by atoms with E-state index in [1.165, 1.54) is 5.56 Å². The van der Waals surface area contributed by atoms with Crippen molar-refractivity contribution in [3.8, 4) is 0 Å². The average molecular weight is 436 g/mol. The summed E-state index contributed by atoms with van der Waals surface area (Å²) in [5.74, 6) is 0. The molecule has 1 saturated heterocycles. The van der Waals surface area contributed by atoms with Crippen LogP contribution in [0.2, 0.25) is 0 Å². The number of morpholine rings is 1. The average Bonchev–Trinajstić information content (AvgIpc) is 2.90. The van der Waals surface area contributed by atoms with Crippen molar-refractivity contribution in [2.24, 2.45) is 5.73 Å². The zero-order valence-corrected chi connectivity index (χ0v) is 18.7. The smallest absolute Gasteiger partial charge is 0.109 e. The molecule has 0 amide bonds. The Labute approximate surface area is 195 Å². The van der Waals surface area contributed by atoms with Gasteiger partial charge in [0.05, 0.1) is 18.4 Å². The summed E-state index contributed by atoms with van der Waals surface area (Å²) in [4.78, 5) is 7.31. The third-order valence-electron chi connectivity index (χ3n) is 6.42. The first-order valence-corrected chi connectivity index (χ1v) is 11.5. The van der Waals surface area contributed by atoms with E-state index in [1.807, 2.05) is 42.6 Å². The van der Waals surface area contributed by atoms with Gasteiger partial charge in [0.15, 0.2) is 0 Å². The van der Waals surface area contributed by atoms with Crippen molar-refractivity contribution in [3.05, 3.63) is 137 Å². The van der Waals surface area contributed by atoms with E-state index in [2.05, 4.69) is 71.6 Å². The molecule has 2 N–H and O–H groups in total. The molecule has 4 heteroatoms. The van der Waals surface area contributed by atoms with Gasteiger partial charge in [0.1, 0.15) is 5.54 Å². The first kappa shape index (κ1) is 21.5. The van der Waals surface area contributed by atoms with Gasteiger partial charge in [0, 0.05) is 31.4 Å². The fourth-order valence-corrected chi connectivity index (χ4v) is 4.58. The molecule has 0 saturated carbocycles. The van der Waals surface area contributed by atoms with Crippen LogP contribution in [0.25, 0.3) is 0 Å². The molecule has 1 aliphatic rings. The van der Waals surface area contributed by atoms with E-state index < -0.39 is 5.54 Å². The molecule has 33 heavy (non-hydrogen) atoms. The summed E-state index contributed by atoms with van der Waals surface area (Å²) in [6, 6.07) is 35.1. The van der Waals surface area contributed by atoms with Crippen LogP contribution < -0.4 is 5.73 Å². The predicted octanol–water partition coefficient (Wildman–Crippen LogP) is 4.91. The first-order valence-electron chi connectivity index (χ1n) is 11.5. The summed E-state index contributed by atoms with van der Waals surface area (Å²) in [6.07, 6.45) is 1.93. The van der Waals surface area contributed by atoms with E-state index in [9.17, 15) is 0 Å². The van der Waals surface area contributed by atoms with E-state index in [1.54, 1.807) is 0 Å². The van der Waals surface area contributed by atoms with Crippen LogP contribution in [0.5, 0.6) is 0 Å². The monoisotopic (exact) mass is 435 g/mol. The molecule has 1 aliphatic heterocycles. The Balaban J connectivity index is 1.40. The second-order valence-corrected chi connectivity index (χ2v) is 8.60. The van der Waals surface area contributed by atoms with Crippen LogP contribution in [0.4, 0.5) is 0 Å². The standard InChI is InChI=1S/C29H29N3O/c30-29(25-12-6-2-7-13-25,26-14-8-3-9-15-26)28-17-16-24(20-31-28)27-22-32(18-19-33-27)21-23-10-4-1-5-11-23/h1-17,20,27H,18-19,21-22,30H2. The number of nitrogens with two attached hydrogens (primary N) is 1. The lowest BCUT2D eigenvalue weighted by Crippen LogP contribution is -2.40. The van der Waals surface area contributed by atoms with Crippen molar-refractivity contribution in [1.82, 2.24) is 9.88 Å². The molecule has 1 fully saturated rings. The van der Waals surface area contributed by atoms with Crippen LogP contribution in [-0.4, -0.2) is 29.6 Å². The second-order valence-electron chi connectivity index (χ2n) is 8.60. The van der Waals surface area contributed by atoms with Crippen molar-refractivity contribution in [1.29, 1.82) is 0 Å². The summed E-state index contributed by atoms with van der Waals surface area (Å²) in [6.45, 7) is 3.43. The highest BCUT2D eigenvalue weighted by Gasteiger charge is 2.33. The highest BCUT2D eigenvalue weighted by molar-refractivity contribution is 5.46. The van der Waals surface area contributed by atoms with Crippen molar-refractivity contribution in [3.63, 3.8) is 0 Å². The van der Waals surface area contributed by atoms with Gasteiger partial charge in [0.2, 0.25) is 0 Å². The minimum atomic E-state index is -0.826. The summed E-state index contributed by atoms with van der Waals surface area (Å²) in [7, 11) is 0. The number of pyridine rings is 1. The van der Waals surface area contributed by atoms with Crippen molar-refractivity contribution in [2.45, 2.75) is 18.2 Å². The van der Waals surface area contributed by atoms with Crippen molar-refractivity contribution < 1.29 is 4.74 Å². The molecule has 5 rings (SSSR count). The molecule has 3 aromatic carbocycles. The number of nitrogens with zero attached hydrogens (tertiary/aromatic N) is 2. The molecular weight excluding hydrogens is 406 g/mol. The van der Waals surface area contributed by atoms with Crippen LogP contribution >= 0.6 is 0 Å². The molecule has 0 bridgehead atoms. The quantitative estimate of drug-likeness (QED) is 0.468. The lowest BCUT2D eigenvalue weighted by atomic mass is 9.80. The zero-order valence-electron chi connectivity index (χ0n) is 18.7. The molecule has 1 aromatic heterocycles. The Morgan fingerprint density at radius 3 is 2.00 bits per heavy atom. The van der Waals surface area contributed by atoms with Crippen LogP contribution in [0.15, 0.2) is 109 Å². The summed E-state index contributed by atoms with van der Waals surface area (Å²) in [5, 5.41) is 0. The number of rotatable bonds is 6. The number of aromatic nitrogens is 1. The number of hydrogen-bond acceptors (Lipinski definition) is 4. The molecule has 1 unspecified atom stereocenters. The van der Waals surface area contributed by atoms with E-state index >= 15 is 0 Å². The molecule has 166 valence electrons. The maximum atomic E-state index is 7.10. The molecule has 2 heterocycles. The predicted molar refractivity (Wildman–Crippen MR) is 132 cm³/mol. The van der Waals surface area contributed by atoms with Crippen LogP contribution in [0.3, 0.4) is 0 Å². The van der Waals surface area contributed by atoms with Gasteiger partial charge in [-0.1, -0.05) is 97.1 Å². The van der Waals surface area contributed by atoms with Gasteiger partial charge in [-0.15, -0.1) is 0 Å². The molecule has 0 spiro atoms. The van der Waals surface area contributed by atoms with Crippen LogP contribution in [0, 0.1) is 0 Å². The van der Waals surface area contributed by atoms with E-state index in [0.29, 0.717) is 6.61 Å². The highest BCUT2D eigenvalue weighted by Crippen LogP contribution is 2.34. The summed E-state index contributed by atoms with van der Waals surface area (Å²) >= 11 is 0. The third-order valence-corrected chi connectivity index (χ3v) is 6.42. The largest absolute Gasteiger partial charge is 0.371 e. The van der Waals surface area contributed by atoms with Crippen LogP contribution in [0.1, 0.15) is 34.1 Å². The maximum Gasteiger partial charge on any atom is 0.109 e. The molecular formula is C29H29N3O. The fraction of sp³-hybridized carbons (Fsp3) is 0.207. The van der Waals surface area contributed by atoms with Gasteiger partial charge in [-0.25, -0.2) is 0 Å². The summed E-state index contributed by atoms with van der Waals surface area (Å²) in [5.41, 5.74) is 11.5. The van der Waals surface area contributed by atoms with Gasteiger partial charge in [-0.2, -0.15) is 0 Å². The minimum absolute atomic E-state index is 0.00429. The Kier molecular flexibility index (Phi) is 6.31. The van der Waals surface area contributed by atoms with Gasteiger partial charge < -0.3 is 10.5 Å². The van der Waals surface area contributed by atoms with Gasteiger partial charge in [-0.05, 0) is 22.8 Å². The Bertz CT molecular complexity index is 1110. The third kappa shape index (κ3) is 4.60. The topological polar surface area (TPSA) is 51.4 Å². The zero-order chi connectivity index (χ0) is 22.5. The van der Waals surface area contributed by atoms with Gasteiger partial charge >= 0.3 is 0 Å². The maximum absolute atomic E-state index is 7.10. The highest BCUT2D eigenvalue weighted by atomic mass is 16.5. The Morgan fingerprint density at radius 2 is 1.42 bits per heavy atom. The number of benzene rings is 3. The van der Waals surface area contributed by atoms with Gasteiger partial charge in [-0.3, -0.25) is 9.88 Å². The SMILES string of the molecule is NC(c1ccccc1)(c1ccccc1)c1ccc(C2CN(Cc3ccccc3)CCO2)cn1. The molecule has 0 aliphatic carbocycles. The van der Waals surface area contributed by atoms with Gasteiger partial charge in [0.25, 0.3) is 0 Å².